The third-order valence-corrected chi connectivity index (χ3v) is 4.28. The number of amides is 1. The van der Waals surface area contributed by atoms with Gasteiger partial charge in [0.2, 0.25) is 0 Å². The zero-order valence-electron chi connectivity index (χ0n) is 15.7. The van der Waals surface area contributed by atoms with Crippen molar-refractivity contribution in [2.24, 2.45) is 0 Å². The van der Waals surface area contributed by atoms with Gasteiger partial charge in [0.05, 0.1) is 12.8 Å². The van der Waals surface area contributed by atoms with Crippen LogP contribution in [-0.2, 0) is 17.9 Å². The van der Waals surface area contributed by atoms with E-state index in [4.69, 9.17) is 9.15 Å². The van der Waals surface area contributed by atoms with Crippen LogP contribution in [-0.4, -0.2) is 22.4 Å². The number of pyridine rings is 1. The molecule has 0 unspecified atom stereocenters. The smallest absolute Gasteiger partial charge is 0.261 e. The number of carbonyl (C=O) groups excluding carboxylic acids is 1. The van der Waals surface area contributed by atoms with Crippen LogP contribution < -0.4 is 4.74 Å². The first kappa shape index (κ1) is 18.7. The Hall–Kier alpha value is -3.08. The van der Waals surface area contributed by atoms with Crippen molar-refractivity contribution in [1.29, 1.82) is 0 Å². The molecule has 0 spiro atoms. The van der Waals surface area contributed by atoms with Gasteiger partial charge in [-0.3, -0.25) is 9.78 Å². The van der Waals surface area contributed by atoms with Crippen molar-refractivity contribution in [3.8, 4) is 5.75 Å². The van der Waals surface area contributed by atoms with Gasteiger partial charge >= 0.3 is 0 Å². The zero-order valence-corrected chi connectivity index (χ0v) is 15.7. The number of aromatic nitrogens is 1. The lowest BCUT2D eigenvalue weighted by molar-refractivity contribution is -0.134. The molecule has 3 aromatic rings. The third-order valence-electron chi connectivity index (χ3n) is 4.28. The maximum Gasteiger partial charge on any atom is 0.261 e. The molecule has 2 aromatic heterocycles. The van der Waals surface area contributed by atoms with Gasteiger partial charge in [-0.25, -0.2) is 0 Å². The van der Waals surface area contributed by atoms with Crippen molar-refractivity contribution in [2.45, 2.75) is 32.9 Å². The first-order valence-corrected chi connectivity index (χ1v) is 9.03. The SMILES string of the molecule is CC(C)c1ccc(OCC(=O)N(Cc2cccnc2)Cc2ccco2)cc1. The summed E-state index contributed by atoms with van der Waals surface area (Å²) >= 11 is 0. The molecule has 0 fully saturated rings. The fourth-order valence-corrected chi connectivity index (χ4v) is 2.72. The van der Waals surface area contributed by atoms with Gasteiger partial charge in [0.15, 0.2) is 6.61 Å². The molecule has 0 saturated heterocycles. The molecule has 27 heavy (non-hydrogen) atoms. The minimum atomic E-state index is -0.108. The van der Waals surface area contributed by atoms with Crippen LogP contribution in [0, 0.1) is 0 Å². The van der Waals surface area contributed by atoms with Gasteiger partial charge in [-0.15, -0.1) is 0 Å². The van der Waals surface area contributed by atoms with Gasteiger partial charge in [0.25, 0.3) is 5.91 Å². The van der Waals surface area contributed by atoms with Crippen LogP contribution in [0.4, 0.5) is 0 Å². The monoisotopic (exact) mass is 364 g/mol. The minimum Gasteiger partial charge on any atom is -0.484 e. The fourth-order valence-electron chi connectivity index (χ4n) is 2.72. The van der Waals surface area contributed by atoms with Gasteiger partial charge in [0.1, 0.15) is 11.5 Å². The molecule has 0 aliphatic heterocycles. The molecule has 0 atom stereocenters. The molecule has 5 nitrogen and oxygen atoms in total. The van der Waals surface area contributed by atoms with Gasteiger partial charge in [-0.05, 0) is 47.4 Å². The van der Waals surface area contributed by atoms with Gasteiger partial charge in [-0.2, -0.15) is 0 Å². The van der Waals surface area contributed by atoms with E-state index in [-0.39, 0.29) is 12.5 Å². The number of carbonyl (C=O) groups is 1. The number of rotatable bonds is 8. The van der Waals surface area contributed by atoms with Crippen molar-refractivity contribution < 1.29 is 13.9 Å². The lowest BCUT2D eigenvalue weighted by Crippen LogP contribution is -2.34. The van der Waals surface area contributed by atoms with E-state index in [0.717, 1.165) is 11.3 Å². The number of nitrogens with zero attached hydrogens (tertiary/aromatic N) is 2. The Morgan fingerprint density at radius 3 is 2.56 bits per heavy atom. The van der Waals surface area contributed by atoms with Crippen molar-refractivity contribution >= 4 is 5.91 Å². The molecule has 0 aliphatic carbocycles. The average Bonchev–Trinajstić information content (AvgIpc) is 3.20. The summed E-state index contributed by atoms with van der Waals surface area (Å²) in [5, 5.41) is 0. The van der Waals surface area contributed by atoms with Gasteiger partial charge in [-0.1, -0.05) is 32.0 Å². The van der Waals surface area contributed by atoms with E-state index in [9.17, 15) is 4.79 Å². The van der Waals surface area contributed by atoms with Crippen LogP contribution in [0.5, 0.6) is 5.75 Å². The Labute approximate surface area is 159 Å². The van der Waals surface area contributed by atoms with E-state index in [0.29, 0.717) is 24.8 Å². The number of benzene rings is 1. The van der Waals surface area contributed by atoms with Crippen molar-refractivity contribution in [1.82, 2.24) is 9.88 Å². The topological polar surface area (TPSA) is 55.6 Å². The van der Waals surface area contributed by atoms with E-state index in [1.54, 1.807) is 23.6 Å². The maximum absolute atomic E-state index is 12.8. The summed E-state index contributed by atoms with van der Waals surface area (Å²) in [6, 6.07) is 15.3. The van der Waals surface area contributed by atoms with E-state index in [2.05, 4.69) is 18.8 Å². The molecule has 1 aromatic carbocycles. The van der Waals surface area contributed by atoms with Crippen molar-refractivity contribution in [3.63, 3.8) is 0 Å². The molecule has 0 aliphatic rings. The zero-order chi connectivity index (χ0) is 19.1. The van der Waals surface area contributed by atoms with Crippen LogP contribution in [0.25, 0.3) is 0 Å². The van der Waals surface area contributed by atoms with Crippen LogP contribution in [0.2, 0.25) is 0 Å². The highest BCUT2D eigenvalue weighted by Crippen LogP contribution is 2.19. The molecular weight excluding hydrogens is 340 g/mol. The van der Waals surface area contributed by atoms with E-state index >= 15 is 0 Å². The summed E-state index contributed by atoms with van der Waals surface area (Å²) in [7, 11) is 0. The van der Waals surface area contributed by atoms with Crippen molar-refractivity contribution in [3.05, 3.63) is 84.1 Å². The summed E-state index contributed by atoms with van der Waals surface area (Å²) in [5.41, 5.74) is 2.20. The van der Waals surface area contributed by atoms with E-state index < -0.39 is 0 Å². The molecule has 2 heterocycles. The summed E-state index contributed by atoms with van der Waals surface area (Å²) in [4.78, 5) is 18.6. The Balaban J connectivity index is 1.64. The van der Waals surface area contributed by atoms with Gasteiger partial charge < -0.3 is 14.1 Å². The molecule has 5 heteroatoms. The summed E-state index contributed by atoms with van der Waals surface area (Å²) in [5.74, 6) is 1.77. The second kappa shape index (κ2) is 9.03. The highest BCUT2D eigenvalue weighted by Gasteiger charge is 2.17. The second-order valence-electron chi connectivity index (χ2n) is 6.70. The summed E-state index contributed by atoms with van der Waals surface area (Å²) in [6.07, 6.45) is 5.08. The second-order valence-corrected chi connectivity index (χ2v) is 6.70. The standard InChI is InChI=1S/C22H24N2O3/c1-17(2)19-7-9-20(10-8-19)27-16-22(25)24(15-21-6-4-12-26-21)14-18-5-3-11-23-13-18/h3-13,17H,14-16H2,1-2H3. The molecule has 0 N–H and O–H groups in total. The first-order chi connectivity index (χ1) is 13.1. The van der Waals surface area contributed by atoms with Crippen LogP contribution in [0.1, 0.15) is 36.7 Å². The van der Waals surface area contributed by atoms with Crippen LogP contribution in [0.15, 0.2) is 71.6 Å². The fraction of sp³-hybridized carbons (Fsp3) is 0.273. The quantitative estimate of drug-likeness (QED) is 0.594. The number of furan rings is 1. The maximum atomic E-state index is 12.8. The molecule has 0 bridgehead atoms. The lowest BCUT2D eigenvalue weighted by atomic mass is 10.0. The Morgan fingerprint density at radius 2 is 1.93 bits per heavy atom. The largest absolute Gasteiger partial charge is 0.484 e. The van der Waals surface area contributed by atoms with E-state index in [1.807, 2.05) is 48.5 Å². The molecule has 140 valence electrons. The Bertz CT molecular complexity index is 828. The normalized spacial score (nSPS) is 10.8. The van der Waals surface area contributed by atoms with Crippen LogP contribution in [0.3, 0.4) is 0 Å². The molecule has 3 rings (SSSR count). The predicted molar refractivity (Wildman–Crippen MR) is 103 cm³/mol. The highest BCUT2D eigenvalue weighted by molar-refractivity contribution is 5.77. The molecule has 0 saturated carbocycles. The molecular formula is C22H24N2O3. The van der Waals surface area contributed by atoms with Crippen LogP contribution >= 0.6 is 0 Å². The lowest BCUT2D eigenvalue weighted by Gasteiger charge is -2.22. The number of hydrogen-bond acceptors (Lipinski definition) is 4. The predicted octanol–water partition coefficient (Wildman–Crippen LogP) is 4.41. The number of hydrogen-bond donors (Lipinski definition) is 0. The molecule has 1 amide bonds. The van der Waals surface area contributed by atoms with Crippen molar-refractivity contribution in [2.75, 3.05) is 6.61 Å². The minimum absolute atomic E-state index is 0.0258. The van der Waals surface area contributed by atoms with E-state index in [1.165, 1.54) is 5.56 Å². The highest BCUT2D eigenvalue weighted by atomic mass is 16.5. The Kier molecular flexibility index (Phi) is 6.26. The first-order valence-electron chi connectivity index (χ1n) is 9.03. The number of ether oxygens (including phenoxy) is 1. The Morgan fingerprint density at radius 1 is 1.11 bits per heavy atom. The summed E-state index contributed by atoms with van der Waals surface area (Å²) < 4.78 is 11.1. The van der Waals surface area contributed by atoms with Gasteiger partial charge in [0, 0.05) is 18.9 Å². The summed E-state index contributed by atoms with van der Waals surface area (Å²) in [6.45, 7) is 5.09. The molecule has 0 radical (unpaired) electrons. The average molecular weight is 364 g/mol. The third kappa shape index (κ3) is 5.45.